The van der Waals surface area contributed by atoms with Crippen LogP contribution in [0.3, 0.4) is 0 Å². The van der Waals surface area contributed by atoms with E-state index in [-0.39, 0.29) is 42.4 Å². The maximum absolute atomic E-state index is 13.4. The smallest absolute Gasteiger partial charge is 0.396 e. The van der Waals surface area contributed by atoms with Crippen molar-refractivity contribution in [2.24, 2.45) is 5.92 Å². The highest BCUT2D eigenvalue weighted by molar-refractivity contribution is 6.05. The van der Waals surface area contributed by atoms with Gasteiger partial charge >= 0.3 is 12.2 Å². The number of amides is 4. The fourth-order valence-corrected chi connectivity index (χ4v) is 7.21. The average Bonchev–Trinajstić information content (AvgIpc) is 3.49. The number of aliphatic hydroxyl groups excluding tert-OH is 1. The predicted octanol–water partition coefficient (Wildman–Crippen LogP) is 5.19. The Balaban J connectivity index is 1.05. The molecular weight excluding hydrogens is 665 g/mol. The lowest BCUT2D eigenvalue weighted by Crippen LogP contribution is -2.49. The Labute approximate surface area is 292 Å². The first-order chi connectivity index (χ1) is 24.6. The number of aliphatic hydroxyl groups is 1. The van der Waals surface area contributed by atoms with Crippen LogP contribution in [-0.4, -0.2) is 81.7 Å². The van der Waals surface area contributed by atoms with Gasteiger partial charge in [-0.3, -0.25) is 30.0 Å². The van der Waals surface area contributed by atoms with Crippen molar-refractivity contribution in [3.05, 3.63) is 77.5 Å². The second-order valence-corrected chi connectivity index (χ2v) is 13.4. The number of rotatable bonds is 8. The van der Waals surface area contributed by atoms with Gasteiger partial charge in [0.05, 0.1) is 16.6 Å². The summed E-state index contributed by atoms with van der Waals surface area (Å²) in [6, 6.07) is 13.7. The van der Waals surface area contributed by atoms with Crippen molar-refractivity contribution in [1.82, 2.24) is 24.8 Å². The van der Waals surface area contributed by atoms with Crippen molar-refractivity contribution >= 4 is 46.3 Å². The first-order valence-corrected chi connectivity index (χ1v) is 17.2. The summed E-state index contributed by atoms with van der Waals surface area (Å²) in [6.07, 6.45) is 0.623. The fraction of sp³-hybridized carbons (Fsp3) is 0.417. The number of nitrogens with zero attached hydrogens (tertiary/aromatic N) is 6. The molecule has 2 aromatic heterocycles. The number of fused-ring (bicyclic) bond motifs is 1. The van der Waals surface area contributed by atoms with E-state index < -0.39 is 23.7 Å². The van der Waals surface area contributed by atoms with Crippen molar-refractivity contribution in [2.75, 3.05) is 54.4 Å². The molecule has 7 rings (SSSR count). The zero-order chi connectivity index (χ0) is 35.7. The summed E-state index contributed by atoms with van der Waals surface area (Å²) in [5.41, 5.74) is 2.50. The molecule has 15 heteroatoms. The van der Waals surface area contributed by atoms with Gasteiger partial charge in [0.2, 0.25) is 11.9 Å². The molecule has 4 amide bonds. The number of urea groups is 1. The molecule has 1 saturated carbocycles. The summed E-state index contributed by atoms with van der Waals surface area (Å²) in [4.78, 5) is 52.2. The number of piperazine rings is 1. The fourth-order valence-electron chi connectivity index (χ4n) is 7.21. The lowest BCUT2D eigenvalue weighted by Gasteiger charge is -2.36. The van der Waals surface area contributed by atoms with Crippen LogP contribution in [0.5, 0.6) is 0 Å². The molecule has 0 atom stereocenters. The van der Waals surface area contributed by atoms with E-state index in [2.05, 4.69) is 25.4 Å². The molecule has 12 nitrogen and oxygen atoms in total. The number of hydrogen-bond donors (Lipinski definition) is 3. The van der Waals surface area contributed by atoms with Crippen LogP contribution in [0.1, 0.15) is 59.6 Å². The molecule has 1 aliphatic carbocycles. The van der Waals surface area contributed by atoms with Crippen LogP contribution >= 0.6 is 0 Å². The molecule has 2 aromatic carbocycles. The number of carbonyl (C=O) groups is 3. The Morgan fingerprint density at radius 1 is 0.961 bits per heavy atom. The van der Waals surface area contributed by atoms with Crippen molar-refractivity contribution < 1.29 is 32.7 Å². The number of anilines is 3. The largest absolute Gasteiger partial charge is 0.416 e. The van der Waals surface area contributed by atoms with Gasteiger partial charge in [-0.25, -0.2) is 14.8 Å². The summed E-state index contributed by atoms with van der Waals surface area (Å²) >= 11 is 0. The van der Waals surface area contributed by atoms with Crippen LogP contribution in [0.25, 0.3) is 11.0 Å². The van der Waals surface area contributed by atoms with Gasteiger partial charge in [-0.1, -0.05) is 12.1 Å². The second kappa shape index (κ2) is 14.3. The Morgan fingerprint density at radius 3 is 2.43 bits per heavy atom. The topological polar surface area (TPSA) is 136 Å². The van der Waals surface area contributed by atoms with Gasteiger partial charge in [-0.2, -0.15) is 13.2 Å². The molecule has 2 saturated heterocycles. The highest BCUT2D eigenvalue weighted by Crippen LogP contribution is 2.38. The zero-order valence-electron chi connectivity index (χ0n) is 27.9. The van der Waals surface area contributed by atoms with E-state index in [1.807, 2.05) is 28.8 Å². The molecule has 0 radical (unpaired) electrons. The number of aromatic nitrogens is 3. The second-order valence-electron chi connectivity index (χ2n) is 13.4. The van der Waals surface area contributed by atoms with Crippen LogP contribution in [0.15, 0.2) is 60.8 Å². The zero-order valence-corrected chi connectivity index (χ0v) is 27.9. The van der Waals surface area contributed by atoms with Crippen molar-refractivity contribution in [2.45, 2.75) is 50.9 Å². The molecule has 4 heterocycles. The molecule has 0 bridgehead atoms. The third-order valence-electron chi connectivity index (χ3n) is 10.1. The molecule has 2 aliphatic heterocycles. The normalized spacial score (nSPS) is 20.5. The van der Waals surface area contributed by atoms with E-state index in [0.29, 0.717) is 24.4 Å². The summed E-state index contributed by atoms with van der Waals surface area (Å²) in [5.74, 6) is 0.0510. The SMILES string of the molecule is O=C1CCN(c2ccc(CN3CCN(c4ccc5c(c4)nc(NC(=O)c4cccc(C(F)(F)F)c4)n5C4CCC(CO)CC4)CC3)cn2)C(=O)N1. The number of pyridine rings is 1. The first-order valence-electron chi connectivity index (χ1n) is 17.2. The first kappa shape index (κ1) is 34.4. The molecule has 51 heavy (non-hydrogen) atoms. The van der Waals surface area contributed by atoms with Crippen molar-refractivity contribution in [3.63, 3.8) is 0 Å². The van der Waals surface area contributed by atoms with Gasteiger partial charge in [0, 0.05) is 75.8 Å². The van der Waals surface area contributed by atoms with E-state index >= 15 is 0 Å². The summed E-state index contributed by atoms with van der Waals surface area (Å²) in [6.45, 7) is 4.26. The maximum atomic E-state index is 13.4. The number of imide groups is 1. The lowest BCUT2D eigenvalue weighted by molar-refractivity contribution is -0.137. The number of carbonyl (C=O) groups excluding carboxylic acids is 3. The molecule has 3 N–H and O–H groups in total. The highest BCUT2D eigenvalue weighted by atomic mass is 19.4. The number of halogens is 3. The average molecular weight is 705 g/mol. The number of nitrogens with one attached hydrogen (secondary N) is 2. The minimum absolute atomic E-state index is 0.00812. The number of alkyl halides is 3. The number of hydrogen-bond acceptors (Lipinski definition) is 8. The molecule has 3 aliphatic rings. The molecule has 3 fully saturated rings. The van der Waals surface area contributed by atoms with E-state index in [1.54, 1.807) is 12.3 Å². The quantitative estimate of drug-likeness (QED) is 0.228. The molecule has 0 spiro atoms. The van der Waals surface area contributed by atoms with Crippen LogP contribution in [-0.2, 0) is 17.5 Å². The van der Waals surface area contributed by atoms with Gasteiger partial charge in [0.1, 0.15) is 5.82 Å². The Morgan fingerprint density at radius 2 is 1.75 bits per heavy atom. The van der Waals surface area contributed by atoms with Crippen LogP contribution in [0.4, 0.5) is 35.4 Å². The highest BCUT2D eigenvalue weighted by Gasteiger charge is 2.32. The minimum atomic E-state index is -4.57. The standard InChI is InChI=1S/C36H39F3N8O4/c37-36(38,39)26-3-1-2-25(18-26)33(50)43-34-41-29-19-28(9-10-30(29)47(34)27-7-4-23(22-48)5-8-27)45-16-14-44(15-17-45)21-24-6-11-31(40-20-24)46-13-12-32(49)42-35(46)51/h1-3,6,9-11,18-20,23,27,48H,4-5,7-8,12-17,21-22H2,(H,41,43,50)(H,42,49,51). The van der Waals surface area contributed by atoms with Gasteiger partial charge in [-0.05, 0) is 79.6 Å². The van der Waals surface area contributed by atoms with E-state index in [0.717, 1.165) is 80.8 Å². The molecule has 0 unspecified atom stereocenters. The Hall–Kier alpha value is -5.02. The monoisotopic (exact) mass is 704 g/mol. The van der Waals surface area contributed by atoms with E-state index in [4.69, 9.17) is 4.98 Å². The third-order valence-corrected chi connectivity index (χ3v) is 10.1. The van der Waals surface area contributed by atoms with Crippen molar-refractivity contribution in [3.8, 4) is 0 Å². The minimum Gasteiger partial charge on any atom is -0.396 e. The molecule has 268 valence electrons. The lowest BCUT2D eigenvalue weighted by atomic mass is 9.86. The third kappa shape index (κ3) is 7.54. The van der Waals surface area contributed by atoms with Crippen molar-refractivity contribution in [1.29, 1.82) is 0 Å². The Bertz CT molecular complexity index is 1920. The number of benzene rings is 2. The predicted molar refractivity (Wildman–Crippen MR) is 184 cm³/mol. The molecular formula is C36H39F3N8O4. The van der Waals surface area contributed by atoms with Gasteiger partial charge in [0.15, 0.2) is 0 Å². The van der Waals surface area contributed by atoms with Crippen LogP contribution in [0, 0.1) is 5.92 Å². The maximum Gasteiger partial charge on any atom is 0.416 e. The molecule has 4 aromatic rings. The van der Waals surface area contributed by atoms with E-state index in [1.165, 1.54) is 17.0 Å². The summed E-state index contributed by atoms with van der Waals surface area (Å²) in [5, 5.41) is 14.8. The van der Waals surface area contributed by atoms with Gasteiger partial charge in [-0.15, -0.1) is 0 Å². The number of imidazole rings is 1. The summed E-state index contributed by atoms with van der Waals surface area (Å²) in [7, 11) is 0. The van der Waals surface area contributed by atoms with Crippen LogP contribution < -0.4 is 20.4 Å². The summed E-state index contributed by atoms with van der Waals surface area (Å²) < 4.78 is 42.1. The Kier molecular flexibility index (Phi) is 9.66. The van der Waals surface area contributed by atoms with Crippen LogP contribution in [0.2, 0.25) is 0 Å². The van der Waals surface area contributed by atoms with Gasteiger partial charge < -0.3 is 14.6 Å². The van der Waals surface area contributed by atoms with E-state index in [9.17, 15) is 32.7 Å². The van der Waals surface area contributed by atoms with Gasteiger partial charge in [0.25, 0.3) is 5.91 Å².